The van der Waals surface area contributed by atoms with Crippen LogP contribution in [-0.4, -0.2) is 17.4 Å². The topological polar surface area (TPSA) is 78.2 Å². The summed E-state index contributed by atoms with van der Waals surface area (Å²) >= 11 is 0. The van der Waals surface area contributed by atoms with E-state index in [1.807, 2.05) is 13.8 Å². The van der Waals surface area contributed by atoms with Crippen LogP contribution in [0.5, 0.6) is 0 Å². The Bertz CT molecular complexity index is 932. The Morgan fingerprint density at radius 2 is 1.76 bits per heavy atom. The van der Waals surface area contributed by atoms with E-state index in [-0.39, 0.29) is 34.0 Å². The summed E-state index contributed by atoms with van der Waals surface area (Å²) in [5, 5.41) is 20.4. The lowest BCUT2D eigenvalue weighted by Crippen LogP contribution is -2.65. The molecular formula is C30H45NO3. The number of carbonyl (C=O) groups excluding carboxylic acids is 1. The van der Waals surface area contributed by atoms with Gasteiger partial charge in [0.1, 0.15) is 6.29 Å². The first-order valence-corrected chi connectivity index (χ1v) is 13.5. The summed E-state index contributed by atoms with van der Waals surface area (Å²) in [7, 11) is 0. The fourth-order valence-corrected chi connectivity index (χ4v) is 10.6. The number of fused-ring (bicyclic) bond motifs is 5. The number of carboxylic acids is 1. The summed E-state index contributed by atoms with van der Waals surface area (Å²) in [5.41, 5.74) is -0.0646. The maximum Gasteiger partial charge on any atom is 0.309 e. The highest BCUT2D eigenvalue weighted by Crippen LogP contribution is 2.76. The molecule has 1 N–H and O–H groups in total. The van der Waals surface area contributed by atoms with Gasteiger partial charge in [-0.15, -0.1) is 0 Å². The molecule has 4 nitrogen and oxygen atoms in total. The van der Waals surface area contributed by atoms with Crippen molar-refractivity contribution in [3.8, 4) is 6.07 Å². The number of aldehydes is 1. The summed E-state index contributed by atoms with van der Waals surface area (Å²) in [5.74, 6) is 0.765. The molecule has 0 radical (unpaired) electrons. The second-order valence-electron chi connectivity index (χ2n) is 13.9. The van der Waals surface area contributed by atoms with Gasteiger partial charge in [-0.05, 0) is 104 Å². The van der Waals surface area contributed by atoms with E-state index in [1.54, 1.807) is 0 Å². The van der Waals surface area contributed by atoms with Crippen molar-refractivity contribution in [1.29, 1.82) is 5.26 Å². The monoisotopic (exact) mass is 467 g/mol. The molecule has 4 heteroatoms. The molecule has 0 saturated heterocycles. The number of allylic oxidation sites excluding steroid dienone is 1. The Hall–Kier alpha value is -1.63. The third-order valence-corrected chi connectivity index (χ3v) is 12.4. The van der Waals surface area contributed by atoms with E-state index in [1.165, 1.54) is 0 Å². The lowest BCUT2D eigenvalue weighted by Gasteiger charge is -2.71. The van der Waals surface area contributed by atoms with Crippen LogP contribution >= 0.6 is 0 Å². The van der Waals surface area contributed by atoms with Gasteiger partial charge in [0, 0.05) is 11.8 Å². The van der Waals surface area contributed by atoms with Crippen molar-refractivity contribution >= 4 is 12.3 Å². The molecule has 0 bridgehead atoms. The minimum Gasteiger partial charge on any atom is -0.481 e. The molecule has 0 aromatic carbocycles. The van der Waals surface area contributed by atoms with Gasteiger partial charge >= 0.3 is 5.97 Å². The fraction of sp³-hybridized carbons (Fsp3) is 0.833. The predicted molar refractivity (Wildman–Crippen MR) is 134 cm³/mol. The molecule has 5 unspecified atom stereocenters. The third kappa shape index (κ3) is 3.07. The zero-order valence-corrected chi connectivity index (χ0v) is 22.2. The van der Waals surface area contributed by atoms with Gasteiger partial charge in [0.25, 0.3) is 0 Å². The van der Waals surface area contributed by atoms with Gasteiger partial charge in [0.05, 0.1) is 11.5 Å². The van der Waals surface area contributed by atoms with Crippen molar-refractivity contribution in [3.63, 3.8) is 0 Å². The van der Waals surface area contributed by atoms with Crippen molar-refractivity contribution in [2.24, 2.45) is 56.7 Å². The van der Waals surface area contributed by atoms with E-state index in [0.717, 1.165) is 63.2 Å². The summed E-state index contributed by atoms with van der Waals surface area (Å²) in [4.78, 5) is 24.9. The van der Waals surface area contributed by atoms with Crippen LogP contribution in [0.15, 0.2) is 12.2 Å². The molecule has 0 heterocycles. The Kier molecular flexibility index (Phi) is 5.95. The van der Waals surface area contributed by atoms with Crippen molar-refractivity contribution in [2.75, 3.05) is 0 Å². The zero-order valence-electron chi connectivity index (χ0n) is 22.2. The molecular weight excluding hydrogens is 422 g/mol. The van der Waals surface area contributed by atoms with E-state index in [9.17, 15) is 20.0 Å². The molecule has 9 atom stereocenters. The van der Waals surface area contributed by atoms with Crippen molar-refractivity contribution in [1.82, 2.24) is 0 Å². The van der Waals surface area contributed by atoms with Gasteiger partial charge in [-0.3, -0.25) is 4.79 Å². The summed E-state index contributed by atoms with van der Waals surface area (Å²) in [6, 6.07) is 2.51. The molecule has 0 aliphatic heterocycles. The first-order valence-electron chi connectivity index (χ1n) is 13.5. The molecule has 4 aliphatic rings. The Labute approximate surface area is 206 Å². The van der Waals surface area contributed by atoms with Gasteiger partial charge in [-0.2, -0.15) is 5.26 Å². The molecule has 34 heavy (non-hydrogen) atoms. The quantitative estimate of drug-likeness (QED) is 0.347. The highest BCUT2D eigenvalue weighted by molar-refractivity contribution is 5.76. The van der Waals surface area contributed by atoms with Crippen LogP contribution in [0, 0.1) is 68.0 Å². The summed E-state index contributed by atoms with van der Waals surface area (Å²) in [6.07, 6.45) is 9.07. The Balaban J connectivity index is 1.81. The van der Waals surface area contributed by atoms with Gasteiger partial charge in [-0.1, -0.05) is 46.8 Å². The molecule has 4 aliphatic carbocycles. The lowest BCUT2D eigenvalue weighted by atomic mass is 9.33. The highest BCUT2D eigenvalue weighted by Gasteiger charge is 2.71. The average Bonchev–Trinajstić information content (AvgIpc) is 3.16. The average molecular weight is 468 g/mol. The molecule has 4 fully saturated rings. The van der Waals surface area contributed by atoms with E-state index >= 15 is 0 Å². The normalized spacial score (nSPS) is 48.1. The molecule has 4 rings (SSSR count). The number of carboxylic acid groups (broad SMARTS) is 1. The largest absolute Gasteiger partial charge is 0.481 e. The predicted octanol–water partition coefficient (Wildman–Crippen LogP) is 7.05. The van der Waals surface area contributed by atoms with Crippen LogP contribution in [0.25, 0.3) is 0 Å². The van der Waals surface area contributed by atoms with E-state index in [0.29, 0.717) is 18.3 Å². The molecule has 4 saturated carbocycles. The molecule has 0 amide bonds. The van der Waals surface area contributed by atoms with Crippen molar-refractivity contribution in [2.45, 2.75) is 99.3 Å². The minimum absolute atomic E-state index is 0.0316. The van der Waals surface area contributed by atoms with Crippen LogP contribution in [0.3, 0.4) is 0 Å². The Morgan fingerprint density at radius 1 is 1.09 bits per heavy atom. The maximum atomic E-state index is 12.7. The highest BCUT2D eigenvalue weighted by atomic mass is 16.4. The van der Waals surface area contributed by atoms with E-state index in [4.69, 9.17) is 0 Å². The molecule has 0 aromatic heterocycles. The maximum absolute atomic E-state index is 12.7. The van der Waals surface area contributed by atoms with Crippen LogP contribution in [0.4, 0.5) is 0 Å². The number of rotatable bonds is 5. The molecule has 0 aromatic rings. The van der Waals surface area contributed by atoms with E-state index < -0.39 is 16.8 Å². The second kappa shape index (κ2) is 7.94. The van der Waals surface area contributed by atoms with Crippen LogP contribution in [-0.2, 0) is 9.59 Å². The van der Waals surface area contributed by atoms with Gasteiger partial charge in [0.2, 0.25) is 0 Å². The van der Waals surface area contributed by atoms with Crippen molar-refractivity contribution < 1.29 is 14.7 Å². The van der Waals surface area contributed by atoms with Crippen LogP contribution < -0.4 is 0 Å². The summed E-state index contributed by atoms with van der Waals surface area (Å²) < 4.78 is 0. The first-order chi connectivity index (χ1) is 15.7. The standard InChI is InChI=1S/C30H45NO3/c1-19(2)20-10-13-30(25(33)34)15-14-28(6)21(24(20)30)8-9-23-27(5,16-17-31)22(26(3,4)18-32)11-12-29(23,28)7/h18,20-24H,1,8-16H2,2-7H3,(H,33,34)/t20-,21?,22?,23?,24?,27-,28+,29+,30?/m0/s1. The number of hydrogen-bond donors (Lipinski definition) is 1. The van der Waals surface area contributed by atoms with Gasteiger partial charge in [0.15, 0.2) is 0 Å². The SMILES string of the molecule is C=C(C)[C@@H]1CCC2(C(=O)O)CC[C@]3(C)C(CCC4[C@@](C)(CC#N)C(C(C)(C)C=O)CC[C@]43C)C12. The number of hydrogen-bond acceptors (Lipinski definition) is 3. The zero-order chi connectivity index (χ0) is 25.3. The van der Waals surface area contributed by atoms with E-state index in [2.05, 4.69) is 40.3 Å². The first kappa shape index (κ1) is 25.5. The fourth-order valence-electron chi connectivity index (χ4n) is 10.6. The number of carbonyl (C=O) groups is 2. The summed E-state index contributed by atoms with van der Waals surface area (Å²) in [6.45, 7) is 17.7. The third-order valence-electron chi connectivity index (χ3n) is 12.4. The number of nitrogens with zero attached hydrogens (tertiary/aromatic N) is 1. The molecule has 188 valence electrons. The van der Waals surface area contributed by atoms with Gasteiger partial charge in [-0.25, -0.2) is 0 Å². The molecule has 0 spiro atoms. The number of nitriles is 1. The minimum atomic E-state index is -0.607. The van der Waals surface area contributed by atoms with Gasteiger partial charge < -0.3 is 9.90 Å². The van der Waals surface area contributed by atoms with Crippen LogP contribution in [0.2, 0.25) is 0 Å². The number of aliphatic carboxylic acids is 1. The van der Waals surface area contributed by atoms with Crippen LogP contribution in [0.1, 0.15) is 99.3 Å². The van der Waals surface area contributed by atoms with Crippen molar-refractivity contribution in [3.05, 3.63) is 12.2 Å². The second-order valence-corrected chi connectivity index (χ2v) is 13.9. The Morgan fingerprint density at radius 3 is 2.32 bits per heavy atom. The lowest BCUT2D eigenvalue weighted by molar-refractivity contribution is -0.227. The smallest absolute Gasteiger partial charge is 0.309 e.